The zero-order valence-electron chi connectivity index (χ0n) is 21.2. The number of aromatic nitrogens is 5. The monoisotopic (exact) mass is 491 g/mol. The average molecular weight is 492 g/mol. The Labute approximate surface area is 220 Å². The van der Waals surface area contributed by atoms with Crippen LogP contribution in [0.1, 0.15) is 11.1 Å². The van der Waals surface area contributed by atoms with Gasteiger partial charge in [-0.2, -0.15) is 0 Å². The van der Waals surface area contributed by atoms with Crippen molar-refractivity contribution in [3.63, 3.8) is 0 Å². The van der Waals surface area contributed by atoms with E-state index in [-0.39, 0.29) is 0 Å². The normalized spacial score (nSPS) is 11.4. The zero-order chi connectivity index (χ0) is 25.6. The van der Waals surface area contributed by atoms with E-state index >= 15 is 0 Å². The van der Waals surface area contributed by atoms with Gasteiger partial charge in [0.2, 0.25) is 0 Å². The maximum Gasteiger partial charge on any atom is 0.144 e. The molecular formula is C33H25N5. The summed E-state index contributed by atoms with van der Waals surface area (Å²) >= 11 is 0. The molecule has 182 valence electrons. The molecule has 0 bridgehead atoms. The van der Waals surface area contributed by atoms with Gasteiger partial charge in [-0.05, 0) is 72.5 Å². The van der Waals surface area contributed by atoms with E-state index in [9.17, 15) is 0 Å². The van der Waals surface area contributed by atoms with Crippen molar-refractivity contribution in [2.75, 3.05) is 0 Å². The molecule has 4 heterocycles. The SMILES string of the molecule is Cc1cc(-c2cccc(-n3c4ccncc4c4cnccc43)c2)cc(C)c1-n1ccnc1-c1ccccc1. The van der Waals surface area contributed by atoms with Crippen LogP contribution in [-0.4, -0.2) is 24.1 Å². The van der Waals surface area contributed by atoms with Gasteiger partial charge in [0.25, 0.3) is 0 Å². The lowest BCUT2D eigenvalue weighted by Crippen LogP contribution is -2.02. The second kappa shape index (κ2) is 8.82. The Hall–Kier alpha value is -5.03. The molecule has 7 rings (SSSR count). The van der Waals surface area contributed by atoms with Crippen LogP contribution in [0.3, 0.4) is 0 Å². The molecule has 0 unspecified atom stereocenters. The van der Waals surface area contributed by atoms with Gasteiger partial charge < -0.3 is 4.57 Å². The van der Waals surface area contributed by atoms with Crippen molar-refractivity contribution in [3.8, 4) is 33.9 Å². The lowest BCUT2D eigenvalue weighted by atomic mass is 9.98. The first-order valence-corrected chi connectivity index (χ1v) is 12.7. The fourth-order valence-electron chi connectivity index (χ4n) is 5.60. The van der Waals surface area contributed by atoms with Gasteiger partial charge in [-0.25, -0.2) is 4.98 Å². The van der Waals surface area contributed by atoms with Gasteiger partial charge in [0.05, 0.1) is 16.7 Å². The van der Waals surface area contributed by atoms with Crippen molar-refractivity contribution in [1.82, 2.24) is 24.1 Å². The number of nitrogens with zero attached hydrogens (tertiary/aromatic N) is 5. The van der Waals surface area contributed by atoms with E-state index in [1.165, 1.54) is 27.9 Å². The first kappa shape index (κ1) is 22.2. The number of hydrogen-bond acceptors (Lipinski definition) is 3. The summed E-state index contributed by atoms with van der Waals surface area (Å²) in [4.78, 5) is 13.4. The number of pyridine rings is 2. The van der Waals surface area contributed by atoms with Gasteiger partial charge in [-0.3, -0.25) is 14.5 Å². The van der Waals surface area contributed by atoms with Gasteiger partial charge in [0.1, 0.15) is 5.82 Å². The van der Waals surface area contributed by atoms with Gasteiger partial charge >= 0.3 is 0 Å². The van der Waals surface area contributed by atoms with Crippen molar-refractivity contribution >= 4 is 21.8 Å². The van der Waals surface area contributed by atoms with Crippen LogP contribution in [0.2, 0.25) is 0 Å². The summed E-state index contributed by atoms with van der Waals surface area (Å²) in [6, 6.07) is 27.8. The highest BCUT2D eigenvalue weighted by molar-refractivity contribution is 6.08. The molecule has 4 aromatic heterocycles. The Balaban J connectivity index is 1.35. The maximum atomic E-state index is 4.67. The molecule has 38 heavy (non-hydrogen) atoms. The number of hydrogen-bond donors (Lipinski definition) is 0. The van der Waals surface area contributed by atoms with Crippen LogP contribution in [0.15, 0.2) is 116 Å². The van der Waals surface area contributed by atoms with E-state index in [2.05, 4.69) is 98.6 Å². The predicted octanol–water partition coefficient (Wildman–Crippen LogP) is 7.71. The molecule has 7 aromatic rings. The Morgan fingerprint density at radius 2 is 1.26 bits per heavy atom. The summed E-state index contributed by atoms with van der Waals surface area (Å²) in [6.07, 6.45) is 11.5. The van der Waals surface area contributed by atoms with Crippen LogP contribution in [0.25, 0.3) is 55.7 Å². The number of benzene rings is 3. The van der Waals surface area contributed by atoms with E-state index in [0.29, 0.717) is 0 Å². The number of imidazole rings is 1. The molecular weight excluding hydrogens is 466 g/mol. The van der Waals surface area contributed by atoms with Crippen LogP contribution in [0, 0.1) is 13.8 Å². The number of rotatable bonds is 4. The topological polar surface area (TPSA) is 48.5 Å². The lowest BCUT2D eigenvalue weighted by Gasteiger charge is -2.17. The Morgan fingerprint density at radius 1 is 0.605 bits per heavy atom. The van der Waals surface area contributed by atoms with Gasteiger partial charge in [0.15, 0.2) is 0 Å². The van der Waals surface area contributed by atoms with Crippen molar-refractivity contribution in [2.24, 2.45) is 0 Å². The number of fused-ring (bicyclic) bond motifs is 3. The highest BCUT2D eigenvalue weighted by Gasteiger charge is 2.15. The minimum Gasteiger partial charge on any atom is -0.309 e. The molecule has 0 atom stereocenters. The van der Waals surface area contributed by atoms with Gasteiger partial charge in [-0.15, -0.1) is 0 Å². The Kier molecular flexibility index (Phi) is 5.15. The summed E-state index contributed by atoms with van der Waals surface area (Å²) in [5.74, 6) is 0.946. The quantitative estimate of drug-likeness (QED) is 0.253. The van der Waals surface area contributed by atoms with E-state index in [1.807, 2.05) is 55.4 Å². The third-order valence-electron chi connectivity index (χ3n) is 7.21. The highest BCUT2D eigenvalue weighted by atomic mass is 15.1. The van der Waals surface area contributed by atoms with Gasteiger partial charge in [-0.1, -0.05) is 42.5 Å². The van der Waals surface area contributed by atoms with Crippen LogP contribution >= 0.6 is 0 Å². The van der Waals surface area contributed by atoms with E-state index < -0.39 is 0 Å². The van der Waals surface area contributed by atoms with Crippen molar-refractivity contribution in [1.29, 1.82) is 0 Å². The molecule has 0 amide bonds. The second-order valence-electron chi connectivity index (χ2n) is 9.62. The van der Waals surface area contributed by atoms with Gasteiger partial charge in [0, 0.05) is 59.2 Å². The molecule has 0 radical (unpaired) electrons. The largest absolute Gasteiger partial charge is 0.309 e. The molecule has 0 aliphatic heterocycles. The summed E-state index contributed by atoms with van der Waals surface area (Å²) < 4.78 is 4.49. The molecule has 3 aromatic carbocycles. The fourth-order valence-corrected chi connectivity index (χ4v) is 5.60. The van der Waals surface area contributed by atoms with Crippen LogP contribution < -0.4 is 0 Å². The van der Waals surface area contributed by atoms with Crippen LogP contribution in [-0.2, 0) is 0 Å². The fraction of sp³-hybridized carbons (Fsp3) is 0.0606. The second-order valence-corrected chi connectivity index (χ2v) is 9.62. The molecule has 0 aliphatic rings. The summed E-state index contributed by atoms with van der Waals surface area (Å²) in [5, 5.41) is 2.21. The summed E-state index contributed by atoms with van der Waals surface area (Å²) in [6.45, 7) is 4.36. The Morgan fingerprint density at radius 3 is 1.95 bits per heavy atom. The van der Waals surface area contributed by atoms with Crippen molar-refractivity contribution in [2.45, 2.75) is 13.8 Å². The minimum absolute atomic E-state index is 0.946. The minimum atomic E-state index is 0.946. The zero-order valence-corrected chi connectivity index (χ0v) is 21.2. The van der Waals surface area contributed by atoms with E-state index in [1.54, 1.807) is 0 Å². The summed E-state index contributed by atoms with van der Waals surface area (Å²) in [5.41, 5.74) is 10.4. The Bertz CT molecular complexity index is 1870. The lowest BCUT2D eigenvalue weighted by molar-refractivity contribution is 1.03. The van der Waals surface area contributed by atoms with Crippen molar-refractivity contribution < 1.29 is 0 Å². The molecule has 5 nitrogen and oxygen atoms in total. The smallest absolute Gasteiger partial charge is 0.144 e. The van der Waals surface area contributed by atoms with Crippen LogP contribution in [0.5, 0.6) is 0 Å². The average Bonchev–Trinajstić information content (AvgIpc) is 3.56. The molecule has 5 heteroatoms. The number of aryl methyl sites for hydroxylation is 2. The predicted molar refractivity (Wildman–Crippen MR) is 154 cm³/mol. The third kappa shape index (κ3) is 3.51. The first-order valence-electron chi connectivity index (χ1n) is 12.7. The molecule has 0 fully saturated rings. The maximum absolute atomic E-state index is 4.67. The van der Waals surface area contributed by atoms with E-state index in [4.69, 9.17) is 0 Å². The van der Waals surface area contributed by atoms with Crippen LogP contribution in [0.4, 0.5) is 0 Å². The molecule has 0 aliphatic carbocycles. The highest BCUT2D eigenvalue weighted by Crippen LogP contribution is 2.34. The molecule has 0 saturated carbocycles. The van der Waals surface area contributed by atoms with Crippen molar-refractivity contribution in [3.05, 3.63) is 127 Å². The molecule has 0 spiro atoms. The standard InChI is InChI=1S/C33H25N5/c1-22-17-26(18-23(2)32(22)37-16-15-36-33(37)24-7-4-3-5-8-24)25-9-6-10-27(19-25)38-30-11-13-34-20-28(30)29-21-35-14-12-31(29)38/h3-21H,1-2H3. The molecule has 0 saturated heterocycles. The van der Waals surface area contributed by atoms with E-state index in [0.717, 1.165) is 38.9 Å². The third-order valence-corrected chi connectivity index (χ3v) is 7.21. The first-order chi connectivity index (χ1) is 18.7. The molecule has 0 N–H and O–H groups in total. The summed E-state index contributed by atoms with van der Waals surface area (Å²) in [7, 11) is 0.